The van der Waals surface area contributed by atoms with Crippen LogP contribution in [0, 0.1) is 0 Å². The summed E-state index contributed by atoms with van der Waals surface area (Å²) in [6.45, 7) is 0.472. The molecular weight excluding hydrogens is 234 g/mol. The molecule has 1 aromatic carbocycles. The molecule has 0 spiro atoms. The van der Waals surface area contributed by atoms with E-state index in [1.54, 1.807) is 31.3 Å². The van der Waals surface area contributed by atoms with Gasteiger partial charge in [-0.3, -0.25) is 9.59 Å². The summed E-state index contributed by atoms with van der Waals surface area (Å²) in [6, 6.07) is 6.73. The number of nitrogens with two attached hydrogens (primary N) is 1. The molecule has 1 rings (SSSR count). The lowest BCUT2D eigenvalue weighted by molar-refractivity contribution is -0.120. The van der Waals surface area contributed by atoms with E-state index in [0.717, 1.165) is 0 Å². The molecule has 0 atom stereocenters. The summed E-state index contributed by atoms with van der Waals surface area (Å²) in [5, 5.41) is 5.64. The third kappa shape index (κ3) is 5.31. The van der Waals surface area contributed by atoms with Crippen molar-refractivity contribution < 1.29 is 14.3 Å². The first kappa shape index (κ1) is 14.0. The molecule has 4 N–H and O–H groups in total. The fourth-order valence-corrected chi connectivity index (χ4v) is 1.25. The van der Waals surface area contributed by atoms with Crippen LogP contribution in [0.5, 0.6) is 5.75 Å². The van der Waals surface area contributed by atoms with E-state index < -0.39 is 5.91 Å². The molecule has 0 saturated carbocycles. The predicted octanol–water partition coefficient (Wildman–Crippen LogP) is 0.0987. The number of ether oxygens (including phenoxy) is 1. The van der Waals surface area contributed by atoms with Gasteiger partial charge in [0, 0.05) is 18.7 Å². The van der Waals surface area contributed by atoms with E-state index in [0.29, 0.717) is 24.4 Å². The Labute approximate surface area is 105 Å². The van der Waals surface area contributed by atoms with Crippen molar-refractivity contribution in [2.24, 2.45) is 5.73 Å². The summed E-state index contributed by atoms with van der Waals surface area (Å²) in [5.74, 6) is -0.0587. The van der Waals surface area contributed by atoms with Gasteiger partial charge in [-0.05, 0) is 31.3 Å². The van der Waals surface area contributed by atoms with E-state index in [1.165, 1.54) is 0 Å². The summed E-state index contributed by atoms with van der Waals surface area (Å²) in [4.78, 5) is 21.9. The number of carbonyl (C=O) groups is 2. The molecule has 98 valence electrons. The number of amides is 2. The molecule has 0 aliphatic rings. The largest absolute Gasteiger partial charge is 0.484 e. The molecule has 0 heterocycles. The Bertz CT molecular complexity index is 404. The molecule has 0 bridgehead atoms. The van der Waals surface area contributed by atoms with E-state index in [2.05, 4.69) is 10.6 Å². The Kier molecular flexibility index (Phi) is 5.66. The molecule has 2 amide bonds. The van der Waals surface area contributed by atoms with Gasteiger partial charge in [0.15, 0.2) is 6.61 Å². The highest BCUT2D eigenvalue weighted by Gasteiger charge is 2.02. The fraction of sp³-hybridized carbons (Fsp3) is 0.333. The average molecular weight is 251 g/mol. The second kappa shape index (κ2) is 7.29. The highest BCUT2D eigenvalue weighted by molar-refractivity contribution is 5.90. The normalized spacial score (nSPS) is 9.83. The summed E-state index contributed by atoms with van der Waals surface area (Å²) in [6.07, 6.45) is 0.413. The van der Waals surface area contributed by atoms with Crippen LogP contribution in [-0.4, -0.2) is 32.0 Å². The van der Waals surface area contributed by atoms with Crippen molar-refractivity contribution in [2.75, 3.05) is 25.5 Å². The zero-order chi connectivity index (χ0) is 13.4. The number of rotatable bonds is 7. The Hall–Kier alpha value is -2.08. The lowest BCUT2D eigenvalue weighted by Crippen LogP contribution is -2.20. The van der Waals surface area contributed by atoms with Gasteiger partial charge >= 0.3 is 0 Å². The molecule has 1 aromatic rings. The molecule has 6 heteroatoms. The topological polar surface area (TPSA) is 93.4 Å². The first-order valence-corrected chi connectivity index (χ1v) is 5.57. The second-order valence-electron chi connectivity index (χ2n) is 3.68. The Balaban J connectivity index is 2.44. The molecule has 0 aliphatic carbocycles. The van der Waals surface area contributed by atoms with Crippen molar-refractivity contribution in [3.05, 3.63) is 24.3 Å². The number of primary amides is 1. The van der Waals surface area contributed by atoms with Crippen molar-refractivity contribution in [3.8, 4) is 5.75 Å². The number of nitrogens with one attached hydrogen (secondary N) is 2. The van der Waals surface area contributed by atoms with Crippen molar-refractivity contribution >= 4 is 17.5 Å². The molecule has 0 unspecified atom stereocenters. The Morgan fingerprint density at radius 2 is 1.94 bits per heavy atom. The zero-order valence-electron chi connectivity index (χ0n) is 10.2. The molecule has 0 saturated heterocycles. The van der Waals surface area contributed by atoms with Crippen LogP contribution >= 0.6 is 0 Å². The van der Waals surface area contributed by atoms with E-state index in [1.807, 2.05) is 0 Å². The van der Waals surface area contributed by atoms with Crippen molar-refractivity contribution in [1.29, 1.82) is 0 Å². The minimum atomic E-state index is -0.528. The summed E-state index contributed by atoms with van der Waals surface area (Å²) < 4.78 is 5.10. The number of hydrogen-bond donors (Lipinski definition) is 3. The molecule has 0 fully saturated rings. The molecule has 6 nitrogen and oxygen atoms in total. The van der Waals surface area contributed by atoms with Crippen LogP contribution in [0.2, 0.25) is 0 Å². The van der Waals surface area contributed by atoms with Gasteiger partial charge in [-0.25, -0.2) is 0 Å². The average Bonchev–Trinajstić information content (AvgIpc) is 2.35. The summed E-state index contributed by atoms with van der Waals surface area (Å²) in [7, 11) is 1.79. The maximum absolute atomic E-state index is 11.4. The van der Waals surface area contributed by atoms with Gasteiger partial charge in [-0.1, -0.05) is 0 Å². The number of benzene rings is 1. The van der Waals surface area contributed by atoms with Gasteiger partial charge in [0.25, 0.3) is 5.91 Å². The van der Waals surface area contributed by atoms with Gasteiger partial charge in [0.2, 0.25) is 5.91 Å². The van der Waals surface area contributed by atoms with Crippen LogP contribution in [-0.2, 0) is 9.59 Å². The van der Waals surface area contributed by atoms with Crippen LogP contribution in [0.3, 0.4) is 0 Å². The van der Waals surface area contributed by atoms with Crippen LogP contribution in [0.15, 0.2) is 24.3 Å². The van der Waals surface area contributed by atoms with Crippen LogP contribution < -0.4 is 21.1 Å². The number of hydrogen-bond acceptors (Lipinski definition) is 4. The molecule has 0 aliphatic heterocycles. The highest BCUT2D eigenvalue weighted by Crippen LogP contribution is 2.15. The fourth-order valence-electron chi connectivity index (χ4n) is 1.25. The summed E-state index contributed by atoms with van der Waals surface area (Å²) in [5.41, 5.74) is 5.64. The molecule has 0 radical (unpaired) electrons. The monoisotopic (exact) mass is 251 g/mol. The van der Waals surface area contributed by atoms with E-state index in [9.17, 15) is 9.59 Å². The zero-order valence-corrected chi connectivity index (χ0v) is 10.2. The molecule has 0 aromatic heterocycles. The van der Waals surface area contributed by atoms with Crippen LogP contribution in [0.4, 0.5) is 5.69 Å². The van der Waals surface area contributed by atoms with Gasteiger partial charge < -0.3 is 21.1 Å². The standard InChI is InChI=1S/C12H17N3O3/c1-14-7-6-12(17)15-9-2-4-10(5-3-9)18-8-11(13)16/h2-5,14H,6-8H2,1H3,(H2,13,16)(H,15,17). The quantitative estimate of drug-likeness (QED) is 0.640. The predicted molar refractivity (Wildman–Crippen MR) is 68.3 cm³/mol. The van der Waals surface area contributed by atoms with Crippen molar-refractivity contribution in [2.45, 2.75) is 6.42 Å². The number of anilines is 1. The maximum atomic E-state index is 11.4. The highest BCUT2D eigenvalue weighted by atomic mass is 16.5. The Morgan fingerprint density at radius 3 is 2.50 bits per heavy atom. The van der Waals surface area contributed by atoms with Gasteiger partial charge in [-0.15, -0.1) is 0 Å². The van der Waals surface area contributed by atoms with Gasteiger partial charge in [-0.2, -0.15) is 0 Å². The second-order valence-corrected chi connectivity index (χ2v) is 3.68. The number of carbonyl (C=O) groups excluding carboxylic acids is 2. The van der Waals surface area contributed by atoms with Gasteiger partial charge in [0.1, 0.15) is 5.75 Å². The lowest BCUT2D eigenvalue weighted by Gasteiger charge is -2.07. The summed E-state index contributed by atoms with van der Waals surface area (Å²) >= 11 is 0. The third-order valence-corrected chi connectivity index (χ3v) is 2.12. The van der Waals surface area contributed by atoms with E-state index >= 15 is 0 Å². The Morgan fingerprint density at radius 1 is 1.28 bits per heavy atom. The van der Waals surface area contributed by atoms with Crippen molar-refractivity contribution in [1.82, 2.24) is 5.32 Å². The van der Waals surface area contributed by atoms with Gasteiger partial charge in [0.05, 0.1) is 0 Å². The van der Waals surface area contributed by atoms with E-state index in [4.69, 9.17) is 10.5 Å². The SMILES string of the molecule is CNCCC(=O)Nc1ccc(OCC(N)=O)cc1. The molecule has 18 heavy (non-hydrogen) atoms. The maximum Gasteiger partial charge on any atom is 0.255 e. The van der Waals surface area contributed by atoms with Crippen LogP contribution in [0.25, 0.3) is 0 Å². The van der Waals surface area contributed by atoms with Crippen molar-refractivity contribution in [3.63, 3.8) is 0 Å². The minimum Gasteiger partial charge on any atom is -0.484 e. The minimum absolute atomic E-state index is 0.0600. The first-order chi connectivity index (χ1) is 8.61. The van der Waals surface area contributed by atoms with E-state index in [-0.39, 0.29) is 12.5 Å². The smallest absolute Gasteiger partial charge is 0.255 e. The third-order valence-electron chi connectivity index (χ3n) is 2.12. The lowest BCUT2D eigenvalue weighted by atomic mass is 10.3. The molecular formula is C12H17N3O3. The first-order valence-electron chi connectivity index (χ1n) is 5.57. The van der Waals surface area contributed by atoms with Crippen LogP contribution in [0.1, 0.15) is 6.42 Å².